The Morgan fingerprint density at radius 3 is 2.33 bits per heavy atom. The molecule has 0 bridgehead atoms. The van der Waals surface area contributed by atoms with Crippen LogP contribution in [-0.2, 0) is 0 Å². The largest absolute Gasteiger partial charge is 0.310 e. The quantitative estimate of drug-likeness (QED) is 0.817. The number of piperidine rings is 1. The first-order chi connectivity index (χ1) is 10.3. The SMILES string of the molecule is CCC1CC(NC2CCCCC2)CN(C(C)C2CCC2)C1. The van der Waals surface area contributed by atoms with Crippen LogP contribution >= 0.6 is 0 Å². The van der Waals surface area contributed by atoms with Crippen molar-refractivity contribution in [2.45, 2.75) is 96.2 Å². The summed E-state index contributed by atoms with van der Waals surface area (Å²) in [5, 5.41) is 4.04. The van der Waals surface area contributed by atoms with Gasteiger partial charge >= 0.3 is 0 Å². The predicted octanol–water partition coefficient (Wildman–Crippen LogP) is 4.20. The Morgan fingerprint density at radius 1 is 0.952 bits per heavy atom. The van der Waals surface area contributed by atoms with E-state index in [1.165, 1.54) is 77.3 Å². The first-order valence-corrected chi connectivity index (χ1v) is 9.76. The van der Waals surface area contributed by atoms with Crippen LogP contribution in [0.15, 0.2) is 0 Å². The highest BCUT2D eigenvalue weighted by Gasteiger charge is 2.34. The average Bonchev–Trinajstić information content (AvgIpc) is 2.46. The number of nitrogens with one attached hydrogen (secondary N) is 1. The lowest BCUT2D eigenvalue weighted by Gasteiger charge is -2.46. The van der Waals surface area contributed by atoms with E-state index in [-0.39, 0.29) is 0 Å². The fraction of sp³-hybridized carbons (Fsp3) is 1.00. The molecule has 1 saturated heterocycles. The van der Waals surface area contributed by atoms with E-state index < -0.39 is 0 Å². The van der Waals surface area contributed by atoms with Gasteiger partial charge in [-0.3, -0.25) is 4.90 Å². The molecule has 2 heteroatoms. The highest BCUT2D eigenvalue weighted by molar-refractivity contribution is 4.91. The van der Waals surface area contributed by atoms with E-state index >= 15 is 0 Å². The highest BCUT2D eigenvalue weighted by Crippen LogP contribution is 2.34. The normalized spacial score (nSPS) is 34.6. The third kappa shape index (κ3) is 4.01. The van der Waals surface area contributed by atoms with Gasteiger partial charge in [0.2, 0.25) is 0 Å². The molecule has 2 nitrogen and oxygen atoms in total. The van der Waals surface area contributed by atoms with E-state index in [1.54, 1.807) is 0 Å². The average molecular weight is 293 g/mol. The van der Waals surface area contributed by atoms with E-state index in [1.807, 2.05) is 0 Å². The number of likely N-dealkylation sites (tertiary alicyclic amines) is 1. The molecule has 0 aromatic rings. The lowest BCUT2D eigenvalue weighted by atomic mass is 9.78. The molecule has 0 radical (unpaired) electrons. The summed E-state index contributed by atoms with van der Waals surface area (Å²) in [5.41, 5.74) is 0. The Balaban J connectivity index is 1.55. The summed E-state index contributed by atoms with van der Waals surface area (Å²) >= 11 is 0. The number of nitrogens with zero attached hydrogens (tertiary/aromatic N) is 1. The predicted molar refractivity (Wildman–Crippen MR) is 90.6 cm³/mol. The van der Waals surface area contributed by atoms with E-state index in [9.17, 15) is 0 Å². The van der Waals surface area contributed by atoms with Crippen molar-refractivity contribution in [2.75, 3.05) is 13.1 Å². The maximum Gasteiger partial charge on any atom is 0.0200 e. The van der Waals surface area contributed by atoms with Crippen molar-refractivity contribution < 1.29 is 0 Å². The van der Waals surface area contributed by atoms with E-state index in [0.717, 1.165) is 30.0 Å². The van der Waals surface area contributed by atoms with Gasteiger partial charge in [-0.25, -0.2) is 0 Å². The first-order valence-electron chi connectivity index (χ1n) is 9.76. The van der Waals surface area contributed by atoms with Gasteiger partial charge in [0.1, 0.15) is 0 Å². The van der Waals surface area contributed by atoms with Gasteiger partial charge in [0.05, 0.1) is 0 Å². The zero-order valence-electron chi connectivity index (χ0n) is 14.3. The summed E-state index contributed by atoms with van der Waals surface area (Å²) in [5.74, 6) is 1.92. The Morgan fingerprint density at radius 2 is 1.71 bits per heavy atom. The van der Waals surface area contributed by atoms with Crippen LogP contribution in [0.25, 0.3) is 0 Å². The molecule has 3 rings (SSSR count). The third-order valence-electron chi connectivity index (χ3n) is 6.63. The van der Waals surface area contributed by atoms with Crippen LogP contribution < -0.4 is 5.32 Å². The number of hydrogen-bond donors (Lipinski definition) is 1. The van der Waals surface area contributed by atoms with E-state index in [0.29, 0.717) is 0 Å². The van der Waals surface area contributed by atoms with Crippen molar-refractivity contribution in [3.05, 3.63) is 0 Å². The lowest BCUT2D eigenvalue weighted by Crippen LogP contribution is -2.56. The molecule has 1 N–H and O–H groups in total. The molecular formula is C19H36N2. The van der Waals surface area contributed by atoms with Crippen LogP contribution in [0.3, 0.4) is 0 Å². The first kappa shape index (κ1) is 15.8. The van der Waals surface area contributed by atoms with Gasteiger partial charge < -0.3 is 5.32 Å². The molecule has 3 unspecified atom stereocenters. The minimum atomic E-state index is 0.759. The second-order valence-corrected chi connectivity index (χ2v) is 8.09. The molecule has 122 valence electrons. The summed E-state index contributed by atoms with van der Waals surface area (Å²) in [6.45, 7) is 7.56. The van der Waals surface area contributed by atoms with Crippen molar-refractivity contribution in [3.63, 3.8) is 0 Å². The second-order valence-electron chi connectivity index (χ2n) is 8.09. The van der Waals surface area contributed by atoms with Crippen molar-refractivity contribution in [2.24, 2.45) is 11.8 Å². The van der Waals surface area contributed by atoms with Crippen LogP contribution in [0.2, 0.25) is 0 Å². The summed E-state index contributed by atoms with van der Waals surface area (Å²) in [6, 6.07) is 2.40. The molecule has 3 fully saturated rings. The Labute approximate surface area is 132 Å². The molecule has 0 aromatic heterocycles. The minimum Gasteiger partial charge on any atom is -0.310 e. The summed E-state index contributed by atoms with van der Waals surface area (Å²) in [4.78, 5) is 2.84. The van der Waals surface area contributed by atoms with Crippen molar-refractivity contribution in [3.8, 4) is 0 Å². The molecule has 3 aliphatic rings. The Hall–Kier alpha value is -0.0800. The molecule has 0 spiro atoms. The summed E-state index contributed by atoms with van der Waals surface area (Å²) in [6.07, 6.45) is 14.4. The Kier molecular flexibility index (Phi) is 5.61. The van der Waals surface area contributed by atoms with E-state index in [2.05, 4.69) is 24.1 Å². The smallest absolute Gasteiger partial charge is 0.0200 e. The number of rotatable bonds is 5. The van der Waals surface area contributed by atoms with Crippen molar-refractivity contribution in [1.82, 2.24) is 10.2 Å². The van der Waals surface area contributed by atoms with Gasteiger partial charge in [-0.15, -0.1) is 0 Å². The molecule has 1 aliphatic heterocycles. The van der Waals surface area contributed by atoms with Crippen molar-refractivity contribution in [1.29, 1.82) is 0 Å². The zero-order valence-corrected chi connectivity index (χ0v) is 14.3. The molecule has 2 saturated carbocycles. The maximum absolute atomic E-state index is 4.04. The Bertz CT molecular complexity index is 307. The highest BCUT2D eigenvalue weighted by atomic mass is 15.2. The van der Waals surface area contributed by atoms with Crippen LogP contribution in [0.5, 0.6) is 0 Å². The standard InChI is InChI=1S/C19H36N2/c1-3-16-12-19(20-18-10-5-4-6-11-18)14-21(13-16)15(2)17-8-7-9-17/h15-20H,3-14H2,1-2H3. The molecule has 2 aliphatic carbocycles. The van der Waals surface area contributed by atoms with Crippen LogP contribution in [0, 0.1) is 11.8 Å². The molecule has 0 aromatic carbocycles. The van der Waals surface area contributed by atoms with Gasteiger partial charge in [-0.05, 0) is 50.9 Å². The molecule has 3 atom stereocenters. The monoisotopic (exact) mass is 292 g/mol. The van der Waals surface area contributed by atoms with Gasteiger partial charge in [0, 0.05) is 31.2 Å². The fourth-order valence-corrected chi connectivity index (χ4v) is 4.81. The van der Waals surface area contributed by atoms with Gasteiger partial charge in [0.15, 0.2) is 0 Å². The number of hydrogen-bond acceptors (Lipinski definition) is 2. The maximum atomic E-state index is 4.04. The molecule has 21 heavy (non-hydrogen) atoms. The van der Waals surface area contributed by atoms with Gasteiger partial charge in [-0.2, -0.15) is 0 Å². The van der Waals surface area contributed by atoms with Crippen molar-refractivity contribution >= 4 is 0 Å². The van der Waals surface area contributed by atoms with Crippen LogP contribution in [0.1, 0.15) is 78.1 Å². The third-order valence-corrected chi connectivity index (χ3v) is 6.63. The van der Waals surface area contributed by atoms with Gasteiger partial charge in [-0.1, -0.05) is 39.0 Å². The molecular weight excluding hydrogens is 256 g/mol. The molecule has 0 amide bonds. The lowest BCUT2D eigenvalue weighted by molar-refractivity contribution is 0.0470. The topological polar surface area (TPSA) is 15.3 Å². The van der Waals surface area contributed by atoms with E-state index in [4.69, 9.17) is 0 Å². The van der Waals surface area contributed by atoms with Gasteiger partial charge in [0.25, 0.3) is 0 Å². The molecule has 1 heterocycles. The van der Waals surface area contributed by atoms with Crippen LogP contribution in [0.4, 0.5) is 0 Å². The summed E-state index contributed by atoms with van der Waals surface area (Å²) < 4.78 is 0. The summed E-state index contributed by atoms with van der Waals surface area (Å²) in [7, 11) is 0. The minimum absolute atomic E-state index is 0.759. The van der Waals surface area contributed by atoms with Crippen LogP contribution in [-0.4, -0.2) is 36.1 Å². The fourth-order valence-electron chi connectivity index (χ4n) is 4.81. The zero-order chi connectivity index (χ0) is 14.7. The second kappa shape index (κ2) is 7.46.